The highest BCUT2D eigenvalue weighted by Crippen LogP contribution is 2.33. The van der Waals surface area contributed by atoms with Crippen LogP contribution in [0.15, 0.2) is 24.4 Å². The quantitative estimate of drug-likeness (QED) is 0.856. The van der Waals surface area contributed by atoms with Crippen molar-refractivity contribution in [2.45, 2.75) is 6.42 Å². The average molecular weight is 245 g/mol. The van der Waals surface area contributed by atoms with Gasteiger partial charge in [0.1, 0.15) is 19.0 Å². The van der Waals surface area contributed by atoms with Gasteiger partial charge in [0.15, 0.2) is 11.5 Å². The van der Waals surface area contributed by atoms with E-state index in [2.05, 4.69) is 9.97 Å². The Kier molecular flexibility index (Phi) is 2.90. The molecular weight excluding hydrogens is 230 g/mol. The van der Waals surface area contributed by atoms with E-state index in [-0.39, 0.29) is 0 Å². The van der Waals surface area contributed by atoms with E-state index in [0.29, 0.717) is 19.8 Å². The van der Waals surface area contributed by atoms with Crippen molar-refractivity contribution in [2.75, 3.05) is 19.8 Å². The molecular formula is C13H15N3O2. The fourth-order valence-corrected chi connectivity index (χ4v) is 1.98. The summed E-state index contributed by atoms with van der Waals surface area (Å²) < 4.78 is 11.0. The van der Waals surface area contributed by atoms with Gasteiger partial charge in [0.2, 0.25) is 0 Å². The number of rotatable bonds is 3. The second kappa shape index (κ2) is 4.70. The molecule has 0 spiro atoms. The number of ether oxygens (including phenoxy) is 2. The molecule has 1 aromatic carbocycles. The third-order valence-electron chi connectivity index (χ3n) is 2.86. The van der Waals surface area contributed by atoms with Gasteiger partial charge in [-0.2, -0.15) is 0 Å². The van der Waals surface area contributed by atoms with Crippen molar-refractivity contribution >= 4 is 0 Å². The molecule has 94 valence electrons. The molecule has 1 aromatic heterocycles. The van der Waals surface area contributed by atoms with Crippen molar-refractivity contribution in [1.29, 1.82) is 0 Å². The third-order valence-corrected chi connectivity index (χ3v) is 2.86. The standard InChI is InChI=1S/C13H15N3O2/c14-4-3-10-8-15-13(16-10)9-1-2-11-12(7-9)18-6-5-17-11/h1-2,7-8H,3-6,14H2,(H,15,16). The third kappa shape index (κ3) is 2.04. The van der Waals surface area contributed by atoms with Crippen molar-refractivity contribution < 1.29 is 9.47 Å². The van der Waals surface area contributed by atoms with E-state index in [1.54, 1.807) is 0 Å². The summed E-state index contributed by atoms with van der Waals surface area (Å²) in [5.74, 6) is 2.39. The first-order valence-corrected chi connectivity index (χ1v) is 6.01. The van der Waals surface area contributed by atoms with E-state index in [1.165, 1.54) is 0 Å². The van der Waals surface area contributed by atoms with Crippen LogP contribution in [0.1, 0.15) is 5.69 Å². The summed E-state index contributed by atoms with van der Waals surface area (Å²) in [5, 5.41) is 0. The number of H-pyrrole nitrogens is 1. The van der Waals surface area contributed by atoms with Gasteiger partial charge in [0.25, 0.3) is 0 Å². The number of hydrogen-bond donors (Lipinski definition) is 2. The molecule has 5 heteroatoms. The maximum Gasteiger partial charge on any atom is 0.162 e. The number of imidazole rings is 1. The van der Waals surface area contributed by atoms with Crippen molar-refractivity contribution in [2.24, 2.45) is 5.73 Å². The van der Waals surface area contributed by atoms with Crippen LogP contribution in [-0.2, 0) is 6.42 Å². The summed E-state index contributed by atoms with van der Waals surface area (Å²) in [4.78, 5) is 7.60. The highest BCUT2D eigenvalue weighted by atomic mass is 16.6. The van der Waals surface area contributed by atoms with E-state index in [4.69, 9.17) is 15.2 Å². The summed E-state index contributed by atoms with van der Waals surface area (Å²) in [7, 11) is 0. The van der Waals surface area contributed by atoms with Crippen LogP contribution in [0.2, 0.25) is 0 Å². The lowest BCUT2D eigenvalue weighted by atomic mass is 10.2. The van der Waals surface area contributed by atoms with Gasteiger partial charge in [-0.15, -0.1) is 0 Å². The van der Waals surface area contributed by atoms with Crippen LogP contribution in [0.25, 0.3) is 11.4 Å². The number of nitrogens with two attached hydrogens (primary N) is 1. The Morgan fingerprint density at radius 1 is 1.22 bits per heavy atom. The Labute approximate surface area is 105 Å². The summed E-state index contributed by atoms with van der Waals surface area (Å²) in [5.41, 5.74) is 7.55. The average Bonchev–Trinajstić information content (AvgIpc) is 2.87. The first-order chi connectivity index (χ1) is 8.86. The van der Waals surface area contributed by atoms with Crippen molar-refractivity contribution in [3.63, 3.8) is 0 Å². The van der Waals surface area contributed by atoms with Crippen LogP contribution < -0.4 is 15.2 Å². The van der Waals surface area contributed by atoms with E-state index < -0.39 is 0 Å². The molecule has 2 heterocycles. The SMILES string of the molecule is NCCc1cnc(-c2ccc3c(c2)OCCO3)[nH]1. The summed E-state index contributed by atoms with van der Waals surface area (Å²) in [6.45, 7) is 1.81. The van der Waals surface area contributed by atoms with E-state index >= 15 is 0 Å². The lowest BCUT2D eigenvalue weighted by Crippen LogP contribution is -2.15. The van der Waals surface area contributed by atoms with Gasteiger partial charge < -0.3 is 20.2 Å². The largest absolute Gasteiger partial charge is 0.486 e. The zero-order valence-electron chi connectivity index (χ0n) is 9.98. The minimum Gasteiger partial charge on any atom is -0.486 e. The fourth-order valence-electron chi connectivity index (χ4n) is 1.98. The first kappa shape index (κ1) is 11.1. The Morgan fingerprint density at radius 2 is 2.06 bits per heavy atom. The van der Waals surface area contributed by atoms with Crippen molar-refractivity contribution in [1.82, 2.24) is 9.97 Å². The van der Waals surface area contributed by atoms with E-state index in [0.717, 1.165) is 35.0 Å². The first-order valence-electron chi connectivity index (χ1n) is 6.01. The highest BCUT2D eigenvalue weighted by Gasteiger charge is 2.13. The number of nitrogens with zero attached hydrogens (tertiary/aromatic N) is 1. The maximum atomic E-state index is 5.55. The summed E-state index contributed by atoms with van der Waals surface area (Å²) >= 11 is 0. The molecule has 0 atom stereocenters. The van der Waals surface area contributed by atoms with Gasteiger partial charge in [0, 0.05) is 23.9 Å². The number of aromatic nitrogens is 2. The van der Waals surface area contributed by atoms with Crippen LogP contribution >= 0.6 is 0 Å². The van der Waals surface area contributed by atoms with Crippen LogP contribution in [0.4, 0.5) is 0 Å². The molecule has 3 N–H and O–H groups in total. The number of benzene rings is 1. The van der Waals surface area contributed by atoms with Crippen LogP contribution in [0.5, 0.6) is 11.5 Å². The summed E-state index contributed by atoms with van der Waals surface area (Å²) in [6, 6.07) is 5.83. The van der Waals surface area contributed by atoms with Crippen LogP contribution in [-0.4, -0.2) is 29.7 Å². The number of hydrogen-bond acceptors (Lipinski definition) is 4. The van der Waals surface area contributed by atoms with E-state index in [9.17, 15) is 0 Å². The van der Waals surface area contributed by atoms with Gasteiger partial charge in [-0.05, 0) is 24.7 Å². The topological polar surface area (TPSA) is 73.2 Å². The van der Waals surface area contributed by atoms with Gasteiger partial charge in [-0.1, -0.05) is 0 Å². The fraction of sp³-hybridized carbons (Fsp3) is 0.308. The van der Waals surface area contributed by atoms with Crippen LogP contribution in [0.3, 0.4) is 0 Å². The summed E-state index contributed by atoms with van der Waals surface area (Å²) in [6.07, 6.45) is 2.62. The second-order valence-electron chi connectivity index (χ2n) is 4.15. The minimum absolute atomic E-state index is 0.590. The van der Waals surface area contributed by atoms with Crippen molar-refractivity contribution in [3.8, 4) is 22.9 Å². The second-order valence-corrected chi connectivity index (χ2v) is 4.15. The number of fused-ring (bicyclic) bond motifs is 1. The predicted molar refractivity (Wildman–Crippen MR) is 67.8 cm³/mol. The number of aromatic amines is 1. The highest BCUT2D eigenvalue weighted by molar-refractivity contribution is 5.61. The molecule has 1 aliphatic heterocycles. The molecule has 18 heavy (non-hydrogen) atoms. The molecule has 2 aromatic rings. The van der Waals surface area contributed by atoms with Gasteiger partial charge in [0.05, 0.1) is 0 Å². The monoisotopic (exact) mass is 245 g/mol. The molecule has 0 fully saturated rings. The maximum absolute atomic E-state index is 5.55. The van der Waals surface area contributed by atoms with Crippen LogP contribution in [0, 0.1) is 0 Å². The Bertz CT molecular complexity index is 551. The molecule has 0 saturated carbocycles. The number of nitrogens with one attached hydrogen (secondary N) is 1. The molecule has 0 amide bonds. The lowest BCUT2D eigenvalue weighted by molar-refractivity contribution is 0.171. The molecule has 0 bridgehead atoms. The zero-order valence-corrected chi connectivity index (χ0v) is 9.98. The Hall–Kier alpha value is -2.01. The molecule has 5 nitrogen and oxygen atoms in total. The van der Waals surface area contributed by atoms with Gasteiger partial charge >= 0.3 is 0 Å². The molecule has 0 radical (unpaired) electrons. The lowest BCUT2D eigenvalue weighted by Gasteiger charge is -2.18. The zero-order chi connectivity index (χ0) is 12.4. The normalized spacial score (nSPS) is 13.6. The smallest absolute Gasteiger partial charge is 0.162 e. The van der Waals surface area contributed by atoms with Gasteiger partial charge in [-0.3, -0.25) is 0 Å². The van der Waals surface area contributed by atoms with Crippen molar-refractivity contribution in [3.05, 3.63) is 30.1 Å². The van der Waals surface area contributed by atoms with Gasteiger partial charge in [-0.25, -0.2) is 4.98 Å². The Balaban J connectivity index is 1.91. The molecule has 0 saturated heterocycles. The molecule has 1 aliphatic rings. The molecule has 0 unspecified atom stereocenters. The molecule has 0 aliphatic carbocycles. The predicted octanol–water partition coefficient (Wildman–Crippen LogP) is 1.35. The Morgan fingerprint density at radius 3 is 2.89 bits per heavy atom. The minimum atomic E-state index is 0.590. The molecule has 3 rings (SSSR count). The van der Waals surface area contributed by atoms with E-state index in [1.807, 2.05) is 24.4 Å².